The Kier molecular flexibility index (Phi) is 12.7. The first-order valence-electron chi connectivity index (χ1n) is 17.8. The van der Waals surface area contributed by atoms with Gasteiger partial charge in [0.1, 0.15) is 31.3 Å². The lowest BCUT2D eigenvalue weighted by Crippen LogP contribution is -2.23. The predicted octanol–water partition coefficient (Wildman–Crippen LogP) is 6.21. The van der Waals surface area contributed by atoms with Gasteiger partial charge in [-0.2, -0.15) is 18.6 Å². The van der Waals surface area contributed by atoms with Crippen LogP contribution in [-0.2, 0) is 34.0 Å². The van der Waals surface area contributed by atoms with E-state index in [9.17, 15) is 25.3 Å². The van der Waals surface area contributed by atoms with Gasteiger partial charge in [0.15, 0.2) is 10.1 Å². The van der Waals surface area contributed by atoms with Gasteiger partial charge in [-0.15, -0.1) is 0 Å². The van der Waals surface area contributed by atoms with E-state index in [4.69, 9.17) is 13.7 Å². The van der Waals surface area contributed by atoms with Crippen LogP contribution < -0.4 is 9.47 Å². The standard InChI is InChI=1S/C22H20N2O6S2.C18H21N3O3S/c1-16-7-10-19(11-8-16)32(27,28)30-14-13-29-17-9-12-21-20(15-17)22(24-23-21)31(25,26)18-5-3-2-4-6-18;1-3-21(2)11-12-24-14-9-10-17-16(13-14)18(20-19-17)25(22,23)15-7-5-4-6-8-15/h2-12,15H,13-14H2,1H3,(H,23,24);4-10,13H,3,11-12H2,1-2H3,(H,19,20). The molecular formula is C40H41N5O9S3. The van der Waals surface area contributed by atoms with Gasteiger partial charge in [0.2, 0.25) is 19.7 Å². The van der Waals surface area contributed by atoms with Gasteiger partial charge in [0.05, 0.1) is 25.7 Å². The third-order valence-electron chi connectivity index (χ3n) is 8.81. The van der Waals surface area contributed by atoms with Gasteiger partial charge in [-0.3, -0.25) is 14.4 Å². The molecule has 0 saturated carbocycles. The maximum Gasteiger partial charge on any atom is 0.297 e. The summed E-state index contributed by atoms with van der Waals surface area (Å²) in [5, 5.41) is 14.4. The highest BCUT2D eigenvalue weighted by Crippen LogP contribution is 2.30. The number of H-pyrrole nitrogens is 2. The summed E-state index contributed by atoms with van der Waals surface area (Å²) in [5.74, 6) is 0.989. The summed E-state index contributed by atoms with van der Waals surface area (Å²) in [5.41, 5.74) is 1.99. The number of benzene rings is 5. The summed E-state index contributed by atoms with van der Waals surface area (Å²) in [4.78, 5) is 2.59. The van der Waals surface area contributed by atoms with Crippen LogP contribution in [0.1, 0.15) is 12.5 Å². The number of likely N-dealkylation sites (N-methyl/N-ethyl adjacent to an activating group) is 1. The number of ether oxygens (including phenoxy) is 2. The molecule has 0 bridgehead atoms. The van der Waals surface area contributed by atoms with Crippen LogP contribution in [0, 0.1) is 6.92 Å². The topological polar surface area (TPSA) is 191 Å². The molecule has 298 valence electrons. The Morgan fingerprint density at radius 2 is 1.05 bits per heavy atom. The molecule has 0 aliphatic carbocycles. The molecule has 0 amide bonds. The summed E-state index contributed by atoms with van der Waals surface area (Å²) in [6.45, 7) is 5.98. The number of aryl methyl sites for hydroxylation is 1. The first-order valence-corrected chi connectivity index (χ1v) is 22.1. The molecule has 17 heteroatoms. The maximum absolute atomic E-state index is 12.9. The second kappa shape index (κ2) is 17.7. The van der Waals surface area contributed by atoms with E-state index in [0.717, 1.165) is 18.7 Å². The van der Waals surface area contributed by atoms with Crippen molar-refractivity contribution in [3.8, 4) is 11.5 Å². The minimum atomic E-state index is -3.89. The quantitative estimate of drug-likeness (QED) is 0.0879. The van der Waals surface area contributed by atoms with E-state index in [1.807, 2.05) is 14.0 Å². The molecule has 0 saturated heterocycles. The van der Waals surface area contributed by atoms with Crippen molar-refractivity contribution in [2.45, 2.75) is 38.6 Å². The average Bonchev–Trinajstić information content (AvgIpc) is 3.86. The third kappa shape index (κ3) is 9.69. The molecule has 0 aliphatic rings. The number of fused-ring (bicyclic) bond motifs is 2. The number of aromatic nitrogens is 4. The molecule has 14 nitrogen and oxygen atoms in total. The monoisotopic (exact) mass is 831 g/mol. The van der Waals surface area contributed by atoms with Gasteiger partial charge in [-0.05, 0) is 93.3 Å². The van der Waals surface area contributed by atoms with Crippen LogP contribution in [0.2, 0.25) is 0 Å². The van der Waals surface area contributed by atoms with Crippen LogP contribution in [0.15, 0.2) is 146 Å². The number of sulfone groups is 2. The molecule has 2 N–H and O–H groups in total. The third-order valence-corrected chi connectivity index (χ3v) is 13.6. The first kappa shape index (κ1) is 41.1. The van der Waals surface area contributed by atoms with Gasteiger partial charge >= 0.3 is 0 Å². The fourth-order valence-electron chi connectivity index (χ4n) is 5.51. The molecule has 0 spiro atoms. The normalized spacial score (nSPS) is 12.1. The molecule has 0 fully saturated rings. The highest BCUT2D eigenvalue weighted by atomic mass is 32.2. The molecule has 0 radical (unpaired) electrons. The van der Waals surface area contributed by atoms with E-state index < -0.39 is 29.8 Å². The highest BCUT2D eigenvalue weighted by Gasteiger charge is 2.24. The zero-order valence-corrected chi connectivity index (χ0v) is 33.8. The second-order valence-electron chi connectivity index (χ2n) is 12.8. The molecule has 0 aliphatic heterocycles. The average molecular weight is 832 g/mol. The van der Waals surface area contributed by atoms with Crippen molar-refractivity contribution < 1.29 is 38.9 Å². The molecule has 2 heterocycles. The molecule has 7 rings (SSSR count). The number of hydrogen-bond donors (Lipinski definition) is 2. The zero-order valence-electron chi connectivity index (χ0n) is 31.3. The summed E-state index contributed by atoms with van der Waals surface area (Å²) in [6.07, 6.45) is 0. The van der Waals surface area contributed by atoms with Crippen molar-refractivity contribution in [3.05, 3.63) is 127 Å². The van der Waals surface area contributed by atoms with Crippen LogP contribution in [0.5, 0.6) is 11.5 Å². The number of rotatable bonds is 15. The molecule has 57 heavy (non-hydrogen) atoms. The van der Waals surface area contributed by atoms with Gasteiger partial charge in [-0.25, -0.2) is 16.8 Å². The fraction of sp³-hybridized carbons (Fsp3) is 0.200. The van der Waals surface area contributed by atoms with Crippen LogP contribution in [-0.4, -0.2) is 90.5 Å². The molecule has 5 aromatic carbocycles. The smallest absolute Gasteiger partial charge is 0.297 e. The van der Waals surface area contributed by atoms with E-state index in [-0.39, 0.29) is 38.0 Å². The lowest BCUT2D eigenvalue weighted by atomic mass is 10.2. The van der Waals surface area contributed by atoms with Crippen LogP contribution >= 0.6 is 0 Å². The molecular weight excluding hydrogens is 791 g/mol. The van der Waals surface area contributed by atoms with Crippen molar-refractivity contribution in [3.63, 3.8) is 0 Å². The SMILES string of the molecule is CCN(C)CCOc1ccc2n[nH]c(S(=O)(=O)c3ccccc3)c2c1.Cc1ccc(S(=O)(=O)OCCOc2ccc3n[nH]c(S(=O)(=O)c4ccccc4)c3c2)cc1. The minimum absolute atomic E-state index is 0.0395. The molecule has 2 aromatic heterocycles. The van der Waals surface area contributed by atoms with Gasteiger partial charge in [-0.1, -0.05) is 61.0 Å². The number of hydrogen-bond acceptors (Lipinski definition) is 12. The van der Waals surface area contributed by atoms with Gasteiger partial charge in [0, 0.05) is 17.3 Å². The van der Waals surface area contributed by atoms with Gasteiger partial charge < -0.3 is 14.4 Å². The van der Waals surface area contributed by atoms with Crippen molar-refractivity contribution in [1.29, 1.82) is 0 Å². The zero-order chi connectivity index (χ0) is 40.6. The van der Waals surface area contributed by atoms with Crippen molar-refractivity contribution >= 4 is 51.6 Å². The van der Waals surface area contributed by atoms with E-state index in [1.54, 1.807) is 97.1 Å². The summed E-state index contributed by atoms with van der Waals surface area (Å²) in [7, 11) is -9.32. The Morgan fingerprint density at radius 3 is 1.53 bits per heavy atom. The molecule has 7 aromatic rings. The predicted molar refractivity (Wildman–Crippen MR) is 214 cm³/mol. The Morgan fingerprint density at radius 1 is 0.579 bits per heavy atom. The summed E-state index contributed by atoms with van der Waals surface area (Å²) < 4.78 is 92.4. The maximum atomic E-state index is 12.9. The number of nitrogens with one attached hydrogen (secondary N) is 2. The highest BCUT2D eigenvalue weighted by molar-refractivity contribution is 7.92. The first-order chi connectivity index (χ1) is 27.3. The lowest BCUT2D eigenvalue weighted by molar-refractivity contribution is 0.221. The lowest BCUT2D eigenvalue weighted by Gasteiger charge is -2.14. The number of nitrogens with zero attached hydrogens (tertiary/aromatic N) is 3. The van der Waals surface area contributed by atoms with Gasteiger partial charge in [0.25, 0.3) is 10.1 Å². The van der Waals surface area contributed by atoms with E-state index in [1.165, 1.54) is 24.3 Å². The Bertz CT molecular complexity index is 2780. The molecule has 0 atom stereocenters. The summed E-state index contributed by atoms with van der Waals surface area (Å²) >= 11 is 0. The number of aromatic amines is 2. The fourth-order valence-corrected chi connectivity index (χ4v) is 9.14. The van der Waals surface area contributed by atoms with Crippen LogP contribution in [0.25, 0.3) is 21.8 Å². The van der Waals surface area contributed by atoms with E-state index in [0.29, 0.717) is 39.9 Å². The summed E-state index contributed by atoms with van der Waals surface area (Å²) in [6, 6.07) is 32.8. The van der Waals surface area contributed by atoms with Crippen LogP contribution in [0.4, 0.5) is 0 Å². The second-order valence-corrected chi connectivity index (χ2v) is 18.2. The minimum Gasteiger partial charge on any atom is -0.492 e. The Balaban J connectivity index is 0.000000199. The van der Waals surface area contributed by atoms with E-state index >= 15 is 0 Å². The van der Waals surface area contributed by atoms with Crippen molar-refractivity contribution in [2.75, 3.05) is 40.0 Å². The van der Waals surface area contributed by atoms with E-state index in [2.05, 4.69) is 32.2 Å². The largest absolute Gasteiger partial charge is 0.492 e. The van der Waals surface area contributed by atoms with Crippen LogP contribution in [0.3, 0.4) is 0 Å². The Hall–Kier alpha value is -5.59. The Labute approximate surface area is 331 Å². The van der Waals surface area contributed by atoms with Crippen molar-refractivity contribution in [2.24, 2.45) is 0 Å². The molecule has 0 unspecified atom stereocenters. The van der Waals surface area contributed by atoms with Crippen molar-refractivity contribution in [1.82, 2.24) is 25.3 Å².